The molecule has 0 saturated carbocycles. The SMILES string of the molecule is CC(=O)c1cccc(NC(=O)C(F)F)c1. The maximum absolute atomic E-state index is 11.9. The van der Waals surface area contributed by atoms with Crippen molar-refractivity contribution >= 4 is 17.4 Å². The number of carbonyl (C=O) groups is 2. The molecule has 0 aromatic heterocycles. The van der Waals surface area contributed by atoms with E-state index in [0.717, 1.165) is 0 Å². The van der Waals surface area contributed by atoms with Crippen LogP contribution in [-0.2, 0) is 4.79 Å². The molecule has 0 spiro atoms. The molecule has 0 aliphatic carbocycles. The molecule has 1 N–H and O–H groups in total. The highest BCUT2D eigenvalue weighted by Gasteiger charge is 2.15. The lowest BCUT2D eigenvalue weighted by Crippen LogP contribution is -2.20. The van der Waals surface area contributed by atoms with E-state index in [1.54, 1.807) is 6.07 Å². The van der Waals surface area contributed by atoms with Gasteiger partial charge in [0.25, 0.3) is 5.91 Å². The standard InChI is InChI=1S/C10H9F2NO2/c1-6(14)7-3-2-4-8(5-7)13-10(15)9(11)12/h2-5,9H,1H3,(H,13,15). The van der Waals surface area contributed by atoms with Crippen molar-refractivity contribution in [3.05, 3.63) is 29.8 Å². The van der Waals surface area contributed by atoms with Crippen molar-refractivity contribution in [2.75, 3.05) is 5.32 Å². The number of benzene rings is 1. The second kappa shape index (κ2) is 4.63. The Morgan fingerprint density at radius 3 is 2.53 bits per heavy atom. The Hall–Kier alpha value is -1.78. The van der Waals surface area contributed by atoms with E-state index in [9.17, 15) is 18.4 Å². The predicted octanol–water partition coefficient (Wildman–Crippen LogP) is 2.09. The average Bonchev–Trinajstić information content (AvgIpc) is 2.18. The van der Waals surface area contributed by atoms with Gasteiger partial charge in [-0.05, 0) is 19.1 Å². The summed E-state index contributed by atoms with van der Waals surface area (Å²) >= 11 is 0. The van der Waals surface area contributed by atoms with Crippen molar-refractivity contribution in [3.8, 4) is 0 Å². The maximum atomic E-state index is 11.9. The molecule has 0 heterocycles. The van der Waals surface area contributed by atoms with Gasteiger partial charge >= 0.3 is 6.43 Å². The van der Waals surface area contributed by atoms with Gasteiger partial charge in [-0.3, -0.25) is 9.59 Å². The average molecular weight is 213 g/mol. The Morgan fingerprint density at radius 2 is 2.00 bits per heavy atom. The minimum Gasteiger partial charge on any atom is -0.321 e. The zero-order valence-electron chi connectivity index (χ0n) is 7.96. The summed E-state index contributed by atoms with van der Waals surface area (Å²) in [6.07, 6.45) is -3.06. The topological polar surface area (TPSA) is 46.2 Å². The number of carbonyl (C=O) groups excluding carboxylic acids is 2. The first-order valence-electron chi connectivity index (χ1n) is 4.20. The van der Waals surface area contributed by atoms with E-state index >= 15 is 0 Å². The third-order valence-corrected chi connectivity index (χ3v) is 1.73. The Balaban J connectivity index is 2.83. The van der Waals surface area contributed by atoms with E-state index in [1.807, 2.05) is 5.32 Å². The van der Waals surface area contributed by atoms with Gasteiger partial charge in [0, 0.05) is 11.3 Å². The van der Waals surface area contributed by atoms with Gasteiger partial charge in [-0.15, -0.1) is 0 Å². The maximum Gasteiger partial charge on any atom is 0.315 e. The highest BCUT2D eigenvalue weighted by molar-refractivity contribution is 5.97. The first kappa shape index (κ1) is 11.3. The van der Waals surface area contributed by atoms with Crippen LogP contribution in [0.25, 0.3) is 0 Å². The van der Waals surface area contributed by atoms with E-state index in [4.69, 9.17) is 0 Å². The Kier molecular flexibility index (Phi) is 3.49. The molecule has 1 amide bonds. The number of Topliss-reactive ketones (excluding diaryl/α,β-unsaturated/α-hetero) is 1. The van der Waals surface area contributed by atoms with E-state index in [2.05, 4.69) is 0 Å². The normalized spacial score (nSPS) is 10.1. The molecule has 80 valence electrons. The van der Waals surface area contributed by atoms with Crippen LogP contribution in [0.4, 0.5) is 14.5 Å². The fraction of sp³-hybridized carbons (Fsp3) is 0.200. The zero-order chi connectivity index (χ0) is 11.4. The van der Waals surface area contributed by atoms with E-state index in [-0.39, 0.29) is 11.5 Å². The van der Waals surface area contributed by atoms with Crippen LogP contribution in [0.5, 0.6) is 0 Å². The molecule has 0 unspecified atom stereocenters. The first-order chi connectivity index (χ1) is 7.00. The predicted molar refractivity (Wildman–Crippen MR) is 51.1 cm³/mol. The van der Waals surface area contributed by atoms with Gasteiger partial charge in [0.1, 0.15) is 0 Å². The molecular formula is C10H9F2NO2. The second-order valence-corrected chi connectivity index (χ2v) is 2.93. The minimum atomic E-state index is -3.06. The van der Waals surface area contributed by atoms with Gasteiger partial charge in [0.2, 0.25) is 0 Å². The van der Waals surface area contributed by atoms with Crippen LogP contribution in [0.2, 0.25) is 0 Å². The molecule has 15 heavy (non-hydrogen) atoms. The van der Waals surface area contributed by atoms with E-state index < -0.39 is 12.3 Å². The van der Waals surface area contributed by atoms with E-state index in [1.165, 1.54) is 25.1 Å². The first-order valence-corrected chi connectivity index (χ1v) is 4.20. The third-order valence-electron chi connectivity index (χ3n) is 1.73. The lowest BCUT2D eigenvalue weighted by atomic mass is 10.1. The summed E-state index contributed by atoms with van der Waals surface area (Å²) in [5.74, 6) is -1.57. The molecule has 0 aliphatic heterocycles. The summed E-state index contributed by atoms with van der Waals surface area (Å²) < 4.78 is 23.8. The number of halogens is 2. The van der Waals surface area contributed by atoms with Crippen LogP contribution in [0.15, 0.2) is 24.3 Å². The third kappa shape index (κ3) is 3.12. The molecule has 0 radical (unpaired) electrons. The van der Waals surface area contributed by atoms with Gasteiger partial charge in [0.15, 0.2) is 5.78 Å². The fourth-order valence-corrected chi connectivity index (χ4v) is 1.01. The van der Waals surface area contributed by atoms with Gasteiger partial charge in [-0.1, -0.05) is 12.1 Å². The van der Waals surface area contributed by atoms with Crippen LogP contribution >= 0.6 is 0 Å². The number of ketones is 1. The van der Waals surface area contributed by atoms with Crippen molar-refractivity contribution in [1.29, 1.82) is 0 Å². The summed E-state index contributed by atoms with van der Waals surface area (Å²) in [7, 11) is 0. The Morgan fingerprint density at radius 1 is 1.33 bits per heavy atom. The lowest BCUT2D eigenvalue weighted by Gasteiger charge is -2.04. The summed E-state index contributed by atoms with van der Waals surface area (Å²) in [5, 5.41) is 2.00. The molecule has 3 nitrogen and oxygen atoms in total. The number of nitrogens with one attached hydrogen (secondary N) is 1. The van der Waals surface area contributed by atoms with Crippen LogP contribution in [0.1, 0.15) is 17.3 Å². The molecule has 0 fully saturated rings. The number of hydrogen-bond acceptors (Lipinski definition) is 2. The molecular weight excluding hydrogens is 204 g/mol. The molecule has 1 rings (SSSR count). The molecule has 5 heteroatoms. The van der Waals surface area contributed by atoms with Crippen LogP contribution < -0.4 is 5.32 Å². The number of anilines is 1. The number of rotatable bonds is 3. The van der Waals surface area contributed by atoms with Gasteiger partial charge in [-0.2, -0.15) is 8.78 Å². The fourth-order valence-electron chi connectivity index (χ4n) is 1.01. The molecule has 0 atom stereocenters. The van der Waals surface area contributed by atoms with Crippen molar-refractivity contribution in [2.45, 2.75) is 13.3 Å². The van der Waals surface area contributed by atoms with Crippen LogP contribution in [0, 0.1) is 0 Å². The largest absolute Gasteiger partial charge is 0.321 e. The molecule has 0 bridgehead atoms. The van der Waals surface area contributed by atoms with Crippen LogP contribution in [0.3, 0.4) is 0 Å². The smallest absolute Gasteiger partial charge is 0.315 e. The Bertz CT molecular complexity index is 391. The Labute approximate surface area is 85.1 Å². The van der Waals surface area contributed by atoms with Crippen LogP contribution in [-0.4, -0.2) is 18.1 Å². The number of hydrogen-bond donors (Lipinski definition) is 1. The molecule has 1 aromatic carbocycles. The van der Waals surface area contributed by atoms with Gasteiger partial charge in [0.05, 0.1) is 0 Å². The molecule has 0 saturated heterocycles. The van der Waals surface area contributed by atoms with Crippen molar-refractivity contribution in [3.63, 3.8) is 0 Å². The van der Waals surface area contributed by atoms with Crippen molar-refractivity contribution in [1.82, 2.24) is 0 Å². The summed E-state index contributed by atoms with van der Waals surface area (Å²) in [4.78, 5) is 21.6. The summed E-state index contributed by atoms with van der Waals surface area (Å²) in [6.45, 7) is 1.36. The zero-order valence-corrected chi connectivity index (χ0v) is 7.96. The minimum absolute atomic E-state index is 0.188. The number of amides is 1. The van der Waals surface area contributed by atoms with Gasteiger partial charge in [-0.25, -0.2) is 0 Å². The van der Waals surface area contributed by atoms with Crippen molar-refractivity contribution < 1.29 is 18.4 Å². The molecule has 0 aliphatic rings. The highest BCUT2D eigenvalue weighted by atomic mass is 19.3. The highest BCUT2D eigenvalue weighted by Crippen LogP contribution is 2.12. The van der Waals surface area contributed by atoms with E-state index in [0.29, 0.717) is 5.56 Å². The quantitative estimate of drug-likeness (QED) is 0.781. The van der Waals surface area contributed by atoms with Gasteiger partial charge < -0.3 is 5.32 Å². The number of alkyl halides is 2. The monoisotopic (exact) mass is 213 g/mol. The summed E-state index contributed by atoms with van der Waals surface area (Å²) in [5.41, 5.74) is 0.551. The van der Waals surface area contributed by atoms with Crippen molar-refractivity contribution in [2.24, 2.45) is 0 Å². The second-order valence-electron chi connectivity index (χ2n) is 2.93. The molecule has 1 aromatic rings. The summed E-state index contributed by atoms with van der Waals surface area (Å²) in [6, 6.07) is 5.84. The lowest BCUT2D eigenvalue weighted by molar-refractivity contribution is -0.126.